The van der Waals surface area contributed by atoms with Crippen LogP contribution in [0.3, 0.4) is 0 Å². The number of rotatable bonds is 4. The fourth-order valence-electron chi connectivity index (χ4n) is 2.40. The van der Waals surface area contributed by atoms with E-state index in [1.54, 1.807) is 26.2 Å². The fourth-order valence-corrected chi connectivity index (χ4v) is 3.03. The van der Waals surface area contributed by atoms with Crippen molar-refractivity contribution in [2.75, 3.05) is 19.4 Å². The molecule has 0 spiro atoms. The Balaban J connectivity index is 0.000000785. The summed E-state index contributed by atoms with van der Waals surface area (Å²) in [5, 5.41) is 16.3. The third-order valence-corrected chi connectivity index (χ3v) is 4.39. The summed E-state index contributed by atoms with van der Waals surface area (Å²) in [6, 6.07) is 8.38. The molecule has 1 aromatic heterocycles. The molecule has 1 aliphatic rings. The number of aromatic hydroxyl groups is 1. The second kappa shape index (κ2) is 10.8. The minimum Gasteiger partial charge on any atom is -0.505 e. The molecule has 168 valence electrons. The number of para-hydroxylation sites is 1. The van der Waals surface area contributed by atoms with Crippen molar-refractivity contribution in [2.24, 2.45) is 14.7 Å². The Kier molecular flexibility index (Phi) is 8.38. The summed E-state index contributed by atoms with van der Waals surface area (Å²) in [4.78, 5) is 13.5. The van der Waals surface area contributed by atoms with Crippen LogP contribution >= 0.6 is 0 Å². The van der Waals surface area contributed by atoms with E-state index in [0.29, 0.717) is 12.3 Å². The maximum Gasteiger partial charge on any atom is 0.269 e. The Hall–Kier alpha value is -3.14. The molecule has 1 atom stereocenters. The number of anilines is 1. The number of carbonyl (C=O) groups excluding carboxylic acids is 1. The number of aryl methyl sites for hydroxylation is 1. The van der Waals surface area contributed by atoms with E-state index in [4.69, 9.17) is 4.42 Å². The lowest BCUT2D eigenvalue weighted by atomic mass is 10.1. The number of amidine groups is 2. The summed E-state index contributed by atoms with van der Waals surface area (Å²) in [7, 11) is 3.19. The molecule has 0 fully saturated rings. The lowest BCUT2D eigenvalue weighted by Crippen LogP contribution is -2.33. The van der Waals surface area contributed by atoms with Crippen molar-refractivity contribution in [3.63, 3.8) is 0 Å². The Morgan fingerprint density at radius 2 is 1.81 bits per heavy atom. The number of carbonyl (C=O) groups is 1. The lowest BCUT2D eigenvalue weighted by Gasteiger charge is -2.15. The first kappa shape index (κ1) is 24.1. The second-order valence-electron chi connectivity index (χ2n) is 7.73. The minimum atomic E-state index is -1.77. The van der Waals surface area contributed by atoms with Crippen LogP contribution in [0.4, 0.5) is 5.69 Å². The van der Waals surface area contributed by atoms with E-state index in [9.17, 15) is 14.1 Å². The molecule has 1 aliphatic heterocycles. The number of nitrogens with zero attached hydrogens (tertiary/aromatic N) is 3. The first-order chi connectivity index (χ1) is 14.6. The molecular weight excluding hydrogens is 418 g/mol. The number of phenols is 1. The van der Waals surface area contributed by atoms with Crippen molar-refractivity contribution in [3.05, 3.63) is 47.4 Å². The molecule has 1 unspecified atom stereocenters. The zero-order valence-electron chi connectivity index (χ0n) is 18.6. The highest BCUT2D eigenvalue weighted by Gasteiger charge is 2.22. The van der Waals surface area contributed by atoms with Crippen LogP contribution in [0, 0.1) is 12.8 Å². The van der Waals surface area contributed by atoms with E-state index >= 15 is 0 Å². The van der Waals surface area contributed by atoms with Crippen molar-refractivity contribution in [1.29, 1.82) is 0 Å². The molecule has 0 bridgehead atoms. The van der Waals surface area contributed by atoms with Gasteiger partial charge in [0.2, 0.25) is 0 Å². The Bertz CT molecular complexity index is 1010. The number of furan rings is 1. The van der Waals surface area contributed by atoms with Crippen LogP contribution in [0.1, 0.15) is 42.6 Å². The van der Waals surface area contributed by atoms with E-state index in [1.807, 2.05) is 19.1 Å². The molecule has 1 aromatic carbocycles. The molecule has 0 saturated carbocycles. The maximum absolute atomic E-state index is 12.1. The van der Waals surface area contributed by atoms with Gasteiger partial charge in [-0.1, -0.05) is 26.8 Å². The first-order valence-electron chi connectivity index (χ1n) is 9.78. The van der Waals surface area contributed by atoms with Gasteiger partial charge in [-0.2, -0.15) is 0 Å². The summed E-state index contributed by atoms with van der Waals surface area (Å²) >= 11 is -1.77. The second-order valence-corrected chi connectivity index (χ2v) is 8.56. The molecule has 3 rings (SSSR count). The number of hydrogen-bond donors (Lipinski definition) is 3. The van der Waals surface area contributed by atoms with E-state index < -0.39 is 11.2 Å². The zero-order valence-corrected chi connectivity index (χ0v) is 19.4. The highest BCUT2D eigenvalue weighted by atomic mass is 32.2. The van der Waals surface area contributed by atoms with Crippen LogP contribution in [0.5, 0.6) is 5.75 Å². The Labute approximate surface area is 185 Å². The van der Waals surface area contributed by atoms with Gasteiger partial charge < -0.3 is 25.1 Å². The average molecular weight is 448 g/mol. The topological polar surface area (TPSA) is 120 Å². The van der Waals surface area contributed by atoms with Gasteiger partial charge in [-0.15, -0.1) is 8.80 Å². The number of phenolic OH excluding ortho intramolecular Hbond substituents is 1. The van der Waals surface area contributed by atoms with Crippen LogP contribution in [0.15, 0.2) is 43.5 Å². The summed E-state index contributed by atoms with van der Waals surface area (Å²) < 4.78 is 25.0. The third-order valence-electron chi connectivity index (χ3n) is 3.71. The van der Waals surface area contributed by atoms with E-state index in [-0.39, 0.29) is 34.6 Å². The van der Waals surface area contributed by atoms with Gasteiger partial charge in [-0.25, -0.2) is 4.21 Å². The van der Waals surface area contributed by atoms with Gasteiger partial charge in [0.05, 0.1) is 17.8 Å². The zero-order chi connectivity index (χ0) is 23.1. The van der Waals surface area contributed by atoms with Crippen molar-refractivity contribution in [1.82, 2.24) is 10.2 Å². The molecule has 0 saturated heterocycles. The number of amides is 1. The molecule has 2 heterocycles. The summed E-state index contributed by atoms with van der Waals surface area (Å²) in [5.41, 5.74) is 0.394. The summed E-state index contributed by atoms with van der Waals surface area (Å²) in [5.74, 6) is 2.20. The summed E-state index contributed by atoms with van der Waals surface area (Å²) in [6.45, 7) is 8.67. The lowest BCUT2D eigenvalue weighted by molar-refractivity contribution is 0.0824. The quantitative estimate of drug-likeness (QED) is 0.619. The van der Waals surface area contributed by atoms with Crippen molar-refractivity contribution in [2.45, 2.75) is 34.2 Å². The van der Waals surface area contributed by atoms with Gasteiger partial charge in [0.1, 0.15) is 11.5 Å². The first-order valence-corrected chi connectivity index (χ1v) is 10.8. The maximum atomic E-state index is 12.1. The Morgan fingerprint density at radius 1 is 1.16 bits per heavy atom. The average Bonchev–Trinajstić information content (AvgIpc) is 3.25. The van der Waals surface area contributed by atoms with Crippen molar-refractivity contribution in [3.8, 4) is 5.75 Å². The minimum absolute atomic E-state index is 0.141. The number of nitrogens with one attached hydrogen (secondary N) is 2. The van der Waals surface area contributed by atoms with Crippen LogP contribution in [0.2, 0.25) is 0 Å². The molecule has 10 heteroatoms. The van der Waals surface area contributed by atoms with Crippen LogP contribution in [-0.2, 0) is 17.7 Å². The predicted molar refractivity (Wildman–Crippen MR) is 124 cm³/mol. The highest BCUT2D eigenvalue weighted by molar-refractivity contribution is 7.83. The van der Waals surface area contributed by atoms with Crippen LogP contribution in [-0.4, -0.2) is 45.9 Å². The smallest absolute Gasteiger partial charge is 0.269 e. The molecule has 0 aliphatic carbocycles. The van der Waals surface area contributed by atoms with Gasteiger partial charge >= 0.3 is 0 Å². The molecule has 0 radical (unpaired) electrons. The van der Waals surface area contributed by atoms with Gasteiger partial charge in [-0.05, 0) is 37.1 Å². The molecule has 1 amide bonds. The highest BCUT2D eigenvalue weighted by Crippen LogP contribution is 2.28. The van der Waals surface area contributed by atoms with E-state index in [1.165, 1.54) is 11.0 Å². The largest absolute Gasteiger partial charge is 0.505 e. The molecule has 2 aromatic rings. The predicted octanol–water partition coefficient (Wildman–Crippen LogP) is 3.25. The van der Waals surface area contributed by atoms with Gasteiger partial charge in [0.15, 0.2) is 17.4 Å². The monoisotopic (exact) mass is 447 g/mol. The van der Waals surface area contributed by atoms with Crippen molar-refractivity contribution < 1.29 is 18.5 Å². The fraction of sp³-hybridized carbons (Fsp3) is 0.381. The van der Waals surface area contributed by atoms with E-state index in [2.05, 4.69) is 40.2 Å². The molecule has 31 heavy (non-hydrogen) atoms. The molecule has 3 N–H and O–H groups in total. The SMILES string of the molecule is CC(C)C.Cc1ccc(CNC2=NS(=O)N=C2Nc2cccc(C(=O)N(C)C)c2O)o1. The molecule has 9 nitrogen and oxygen atoms in total. The standard InChI is InChI=1S/C17H19N5O4S.C4H10/c1-10-7-8-11(26-10)9-18-15-16(21-27(25)20-15)19-13-6-4-5-12(14(13)23)17(24)22(2)3;1-4(2)3/h4-8,23H,9H2,1-3H3,(H,18,20)(H,19,21);4H,1-3H3. The van der Waals surface area contributed by atoms with E-state index in [0.717, 1.165) is 11.7 Å². The number of benzene rings is 1. The number of hydrogen-bond acceptors (Lipinski definition) is 6. The normalized spacial score (nSPS) is 15.0. The molecular formula is C21H29N5O4S. The van der Waals surface area contributed by atoms with Crippen molar-refractivity contribution >= 4 is 34.4 Å². The van der Waals surface area contributed by atoms with Crippen LogP contribution in [0.25, 0.3) is 0 Å². The van der Waals surface area contributed by atoms with Crippen LogP contribution < -0.4 is 10.6 Å². The van der Waals surface area contributed by atoms with Gasteiger partial charge in [0.25, 0.3) is 17.1 Å². The summed E-state index contributed by atoms with van der Waals surface area (Å²) in [6.07, 6.45) is 0. The van der Waals surface area contributed by atoms with Gasteiger partial charge in [0, 0.05) is 14.1 Å². The van der Waals surface area contributed by atoms with Gasteiger partial charge in [-0.3, -0.25) is 4.79 Å². The Morgan fingerprint density at radius 3 is 2.39 bits per heavy atom. The third kappa shape index (κ3) is 6.95.